The van der Waals surface area contributed by atoms with Gasteiger partial charge >= 0.3 is 0 Å². The van der Waals surface area contributed by atoms with Crippen molar-refractivity contribution in [2.24, 2.45) is 0 Å². The van der Waals surface area contributed by atoms with E-state index in [0.717, 1.165) is 0 Å². The Balaban J connectivity index is 3.62. The van der Waals surface area contributed by atoms with E-state index < -0.39 is 14.1 Å². The fourth-order valence-corrected chi connectivity index (χ4v) is 1.50. The van der Waals surface area contributed by atoms with Crippen LogP contribution in [0.2, 0.25) is 13.1 Å². The molecule has 1 N–H and O–H groups in total. The molecule has 0 aromatic carbocycles. The molecule has 0 fully saturated rings. The summed E-state index contributed by atoms with van der Waals surface area (Å²) >= 11 is 0. The second-order valence-corrected chi connectivity index (χ2v) is 6.46. The third-order valence-electron chi connectivity index (χ3n) is 1.12. The topological polar surface area (TPSA) is 20.2 Å². The molecule has 0 saturated carbocycles. The lowest BCUT2D eigenvalue weighted by atomic mass is 10.5. The van der Waals surface area contributed by atoms with E-state index in [1.165, 1.54) is 0 Å². The zero-order valence-corrected chi connectivity index (χ0v) is 6.61. The first-order chi connectivity index (χ1) is 3.48. The van der Waals surface area contributed by atoms with Crippen LogP contribution in [-0.4, -0.2) is 18.9 Å². The number of halogens is 1. The van der Waals surface area contributed by atoms with Crippen LogP contribution in [-0.2, 0) is 0 Å². The third kappa shape index (κ3) is 2.42. The summed E-state index contributed by atoms with van der Waals surface area (Å²) in [5, 5.41) is 0. The maximum absolute atomic E-state index is 12.5. The van der Waals surface area contributed by atoms with E-state index in [1.807, 2.05) is 0 Å². The molecule has 0 bridgehead atoms. The molecule has 0 aliphatic heterocycles. The molecule has 0 aromatic rings. The Labute approximate surface area is 50.7 Å². The fourth-order valence-electron chi connectivity index (χ4n) is 0.500. The van der Waals surface area contributed by atoms with Crippen LogP contribution in [0.25, 0.3) is 0 Å². The van der Waals surface area contributed by atoms with E-state index in [1.54, 1.807) is 20.0 Å². The predicted molar refractivity (Wildman–Crippen MR) is 34.9 cm³/mol. The van der Waals surface area contributed by atoms with Gasteiger partial charge in [-0.15, -0.1) is 0 Å². The SMILES string of the molecule is CCC(F)[Si](C)(C)O. The van der Waals surface area contributed by atoms with E-state index in [2.05, 4.69) is 0 Å². The summed E-state index contributed by atoms with van der Waals surface area (Å²) in [6.07, 6.45) is 0.440. The Hall–Kier alpha value is 0.107. The predicted octanol–water partition coefficient (Wildman–Crippen LogP) is 1.47. The summed E-state index contributed by atoms with van der Waals surface area (Å²) in [6, 6.07) is 0. The Bertz CT molecular complexity index is 69.3. The van der Waals surface area contributed by atoms with Crippen LogP contribution in [0.1, 0.15) is 13.3 Å². The van der Waals surface area contributed by atoms with Gasteiger partial charge in [0.05, 0.1) is 0 Å². The largest absolute Gasteiger partial charge is 0.429 e. The number of rotatable bonds is 2. The molecule has 0 aromatic heterocycles. The molecular weight excluding hydrogens is 123 g/mol. The molecule has 3 heteroatoms. The summed E-state index contributed by atoms with van der Waals surface area (Å²) in [5.41, 5.74) is 0. The molecule has 0 aliphatic carbocycles. The van der Waals surface area contributed by atoms with Gasteiger partial charge in [-0.1, -0.05) is 6.92 Å². The van der Waals surface area contributed by atoms with E-state index in [0.29, 0.717) is 6.42 Å². The maximum Gasteiger partial charge on any atom is 0.217 e. The maximum atomic E-state index is 12.5. The zero-order chi connectivity index (χ0) is 6.78. The van der Waals surface area contributed by atoms with Gasteiger partial charge in [0.15, 0.2) is 0 Å². The Kier molecular flexibility index (Phi) is 2.63. The van der Waals surface area contributed by atoms with Crippen LogP contribution in [0.4, 0.5) is 4.39 Å². The molecule has 0 aliphatic rings. The number of hydrogen-bond donors (Lipinski definition) is 1. The van der Waals surface area contributed by atoms with E-state index in [4.69, 9.17) is 4.80 Å². The average Bonchev–Trinajstić information content (AvgIpc) is 1.62. The molecule has 1 unspecified atom stereocenters. The van der Waals surface area contributed by atoms with Gasteiger partial charge in [0.2, 0.25) is 8.32 Å². The molecule has 0 rings (SSSR count). The van der Waals surface area contributed by atoms with Crippen molar-refractivity contribution in [2.75, 3.05) is 0 Å². The lowest BCUT2D eigenvalue weighted by Gasteiger charge is -2.16. The minimum absolute atomic E-state index is 0.440. The fraction of sp³-hybridized carbons (Fsp3) is 1.00. The van der Waals surface area contributed by atoms with Crippen LogP contribution >= 0.6 is 0 Å². The highest BCUT2D eigenvalue weighted by Crippen LogP contribution is 2.10. The number of alkyl halides is 1. The normalized spacial score (nSPS) is 16.1. The molecule has 1 nitrogen and oxygen atoms in total. The van der Waals surface area contributed by atoms with Crippen LogP contribution < -0.4 is 0 Å². The highest BCUT2D eigenvalue weighted by molar-refractivity contribution is 6.71. The van der Waals surface area contributed by atoms with Crippen LogP contribution in [0.15, 0.2) is 0 Å². The second-order valence-electron chi connectivity index (χ2n) is 2.53. The Morgan fingerprint density at radius 2 is 2.00 bits per heavy atom. The Morgan fingerprint density at radius 1 is 1.62 bits per heavy atom. The third-order valence-corrected chi connectivity index (χ3v) is 3.07. The first kappa shape index (κ1) is 8.11. The number of hydrogen-bond acceptors (Lipinski definition) is 1. The average molecular weight is 136 g/mol. The summed E-state index contributed by atoms with van der Waals surface area (Å²) in [6.45, 7) is 4.97. The lowest BCUT2D eigenvalue weighted by Crippen LogP contribution is -2.38. The van der Waals surface area contributed by atoms with Crippen molar-refractivity contribution in [1.82, 2.24) is 0 Å². The van der Waals surface area contributed by atoms with Crippen molar-refractivity contribution in [3.8, 4) is 0 Å². The summed E-state index contributed by atoms with van der Waals surface area (Å²) in [5.74, 6) is -0.956. The van der Waals surface area contributed by atoms with Gasteiger partial charge in [0, 0.05) is 0 Å². The molecular formula is C5H13FOSi. The minimum Gasteiger partial charge on any atom is -0.429 e. The zero-order valence-electron chi connectivity index (χ0n) is 5.61. The van der Waals surface area contributed by atoms with Crippen LogP contribution in [0.5, 0.6) is 0 Å². The minimum atomic E-state index is -2.43. The van der Waals surface area contributed by atoms with Gasteiger partial charge in [-0.05, 0) is 19.5 Å². The Morgan fingerprint density at radius 3 is 2.00 bits per heavy atom. The summed E-state index contributed by atoms with van der Waals surface area (Å²) in [7, 11) is -2.43. The molecule has 0 heterocycles. The first-order valence-electron chi connectivity index (χ1n) is 2.85. The van der Waals surface area contributed by atoms with Crippen molar-refractivity contribution in [1.29, 1.82) is 0 Å². The molecule has 0 radical (unpaired) electrons. The highest BCUT2D eigenvalue weighted by Gasteiger charge is 2.27. The smallest absolute Gasteiger partial charge is 0.217 e. The van der Waals surface area contributed by atoms with E-state index >= 15 is 0 Å². The standard InChI is InChI=1S/C5H13FOSi/c1-4-5(6)8(2,3)7/h5,7H,4H2,1-3H3. The molecule has 0 saturated heterocycles. The van der Waals surface area contributed by atoms with Crippen molar-refractivity contribution in [3.63, 3.8) is 0 Å². The van der Waals surface area contributed by atoms with Gasteiger partial charge in [0.25, 0.3) is 0 Å². The van der Waals surface area contributed by atoms with Gasteiger partial charge in [-0.2, -0.15) is 0 Å². The van der Waals surface area contributed by atoms with Crippen LogP contribution in [0.3, 0.4) is 0 Å². The summed E-state index contributed by atoms with van der Waals surface area (Å²) in [4.78, 5) is 9.05. The van der Waals surface area contributed by atoms with Gasteiger partial charge in [-0.3, -0.25) is 0 Å². The lowest BCUT2D eigenvalue weighted by molar-refractivity contribution is 0.364. The second kappa shape index (κ2) is 2.59. The highest BCUT2D eigenvalue weighted by atomic mass is 28.4. The van der Waals surface area contributed by atoms with Crippen molar-refractivity contribution in [3.05, 3.63) is 0 Å². The van der Waals surface area contributed by atoms with Crippen molar-refractivity contribution in [2.45, 2.75) is 32.2 Å². The van der Waals surface area contributed by atoms with Gasteiger partial charge in [-0.25, -0.2) is 4.39 Å². The van der Waals surface area contributed by atoms with Crippen molar-refractivity contribution < 1.29 is 9.19 Å². The molecule has 50 valence electrons. The summed E-state index contributed by atoms with van der Waals surface area (Å²) < 4.78 is 12.5. The van der Waals surface area contributed by atoms with E-state index in [9.17, 15) is 4.39 Å². The molecule has 0 amide bonds. The quantitative estimate of drug-likeness (QED) is 0.570. The molecule has 1 atom stereocenters. The van der Waals surface area contributed by atoms with Gasteiger partial charge < -0.3 is 4.80 Å². The first-order valence-corrected chi connectivity index (χ1v) is 5.87. The van der Waals surface area contributed by atoms with Crippen molar-refractivity contribution >= 4 is 8.32 Å². The van der Waals surface area contributed by atoms with Gasteiger partial charge in [0.1, 0.15) is 5.79 Å². The van der Waals surface area contributed by atoms with Crippen LogP contribution in [0, 0.1) is 0 Å². The monoisotopic (exact) mass is 136 g/mol. The van der Waals surface area contributed by atoms with E-state index in [-0.39, 0.29) is 0 Å². The molecule has 8 heavy (non-hydrogen) atoms. The molecule has 0 spiro atoms.